The molecule has 6 nitrogen and oxygen atoms in total. The number of guanidine groups is 1. The first-order chi connectivity index (χ1) is 11.6. The van der Waals surface area contributed by atoms with Crippen LogP contribution in [0.2, 0.25) is 5.02 Å². The van der Waals surface area contributed by atoms with Gasteiger partial charge in [0.1, 0.15) is 0 Å². The van der Waals surface area contributed by atoms with E-state index in [2.05, 4.69) is 29.5 Å². The minimum Gasteiger partial charge on any atom is -0.339 e. The van der Waals surface area contributed by atoms with E-state index in [0.717, 1.165) is 48.4 Å². The minimum absolute atomic E-state index is 0.0797. The Morgan fingerprint density at radius 1 is 1.33 bits per heavy atom. The van der Waals surface area contributed by atoms with Crippen LogP contribution < -0.4 is 16.9 Å². The number of piperazine rings is 1. The SMILES string of the molecule is C=CC.CC1c2cc(Cl)ccc2N=C(N2CCNCC2)N1N.CN. The van der Waals surface area contributed by atoms with E-state index in [0.29, 0.717) is 0 Å². The molecule has 1 unspecified atom stereocenters. The number of rotatable bonds is 0. The van der Waals surface area contributed by atoms with Gasteiger partial charge in [-0.2, -0.15) is 0 Å². The molecule has 0 saturated carbocycles. The molecule has 1 fully saturated rings. The van der Waals surface area contributed by atoms with Gasteiger partial charge < -0.3 is 16.0 Å². The molecule has 1 saturated heterocycles. The molecule has 2 aliphatic rings. The van der Waals surface area contributed by atoms with E-state index in [4.69, 9.17) is 22.4 Å². The number of allylic oxidation sites excluding steroid dienone is 1. The van der Waals surface area contributed by atoms with Crippen LogP contribution in [0.1, 0.15) is 25.5 Å². The number of halogens is 1. The van der Waals surface area contributed by atoms with Gasteiger partial charge in [-0.25, -0.2) is 10.8 Å². The first kappa shape index (κ1) is 20.4. The Labute approximate surface area is 150 Å². The van der Waals surface area contributed by atoms with Crippen LogP contribution in [-0.4, -0.2) is 49.1 Å². The number of nitrogens with two attached hydrogens (primary N) is 2. The number of benzene rings is 1. The monoisotopic (exact) mass is 352 g/mol. The van der Waals surface area contributed by atoms with Crippen molar-refractivity contribution in [3.05, 3.63) is 41.4 Å². The zero-order chi connectivity index (χ0) is 18.1. The van der Waals surface area contributed by atoms with Crippen LogP contribution >= 0.6 is 11.6 Å². The van der Waals surface area contributed by atoms with Crippen molar-refractivity contribution in [1.29, 1.82) is 0 Å². The van der Waals surface area contributed by atoms with Crippen molar-refractivity contribution in [2.24, 2.45) is 16.6 Å². The van der Waals surface area contributed by atoms with Gasteiger partial charge in [-0.3, -0.25) is 5.01 Å². The summed E-state index contributed by atoms with van der Waals surface area (Å²) in [6, 6.07) is 5.86. The predicted molar refractivity (Wildman–Crippen MR) is 103 cm³/mol. The summed E-state index contributed by atoms with van der Waals surface area (Å²) in [7, 11) is 1.50. The number of aliphatic imine (C=N–C) groups is 1. The Morgan fingerprint density at radius 2 is 1.92 bits per heavy atom. The third kappa shape index (κ3) is 4.95. The van der Waals surface area contributed by atoms with Crippen molar-refractivity contribution < 1.29 is 0 Å². The second kappa shape index (κ2) is 10.3. The van der Waals surface area contributed by atoms with Crippen LogP contribution in [0.5, 0.6) is 0 Å². The van der Waals surface area contributed by atoms with Crippen LogP contribution in [0, 0.1) is 0 Å². The van der Waals surface area contributed by atoms with Crippen molar-refractivity contribution >= 4 is 23.2 Å². The molecule has 2 heterocycles. The van der Waals surface area contributed by atoms with Gasteiger partial charge in [0.25, 0.3) is 0 Å². The number of hydrogen-bond donors (Lipinski definition) is 3. The van der Waals surface area contributed by atoms with Gasteiger partial charge in [0.2, 0.25) is 5.96 Å². The highest BCUT2D eigenvalue weighted by Gasteiger charge is 2.28. The predicted octanol–water partition coefficient (Wildman–Crippen LogP) is 2.25. The van der Waals surface area contributed by atoms with E-state index >= 15 is 0 Å². The van der Waals surface area contributed by atoms with Crippen LogP contribution in [0.25, 0.3) is 0 Å². The second-order valence-electron chi connectivity index (χ2n) is 5.34. The number of hydrogen-bond acceptors (Lipinski definition) is 6. The maximum absolute atomic E-state index is 6.22. The molecule has 0 aliphatic carbocycles. The third-order valence-electron chi connectivity index (χ3n) is 3.71. The zero-order valence-corrected chi connectivity index (χ0v) is 15.6. The Morgan fingerprint density at radius 3 is 2.50 bits per heavy atom. The van der Waals surface area contributed by atoms with Gasteiger partial charge in [0.15, 0.2) is 0 Å². The molecule has 1 aromatic carbocycles. The van der Waals surface area contributed by atoms with Gasteiger partial charge in [0, 0.05) is 36.8 Å². The summed E-state index contributed by atoms with van der Waals surface area (Å²) < 4.78 is 0. The van der Waals surface area contributed by atoms with Gasteiger partial charge in [-0.1, -0.05) is 17.7 Å². The molecule has 1 aromatic rings. The van der Waals surface area contributed by atoms with E-state index in [1.807, 2.05) is 25.1 Å². The molecule has 0 aromatic heterocycles. The normalized spacial score (nSPS) is 19.1. The molecule has 1 atom stereocenters. The summed E-state index contributed by atoms with van der Waals surface area (Å²) in [5, 5.41) is 5.80. The lowest BCUT2D eigenvalue weighted by molar-refractivity contribution is 0.255. The maximum atomic E-state index is 6.22. The molecular weight excluding hydrogens is 324 g/mol. The van der Waals surface area contributed by atoms with Crippen LogP contribution in [0.15, 0.2) is 35.8 Å². The highest BCUT2D eigenvalue weighted by Crippen LogP contribution is 2.35. The first-order valence-electron chi connectivity index (χ1n) is 8.11. The number of nitrogens with one attached hydrogen (secondary N) is 1. The summed E-state index contributed by atoms with van der Waals surface area (Å²) in [5.41, 5.74) is 6.54. The third-order valence-corrected chi connectivity index (χ3v) is 3.94. The van der Waals surface area contributed by atoms with Crippen molar-refractivity contribution in [2.45, 2.75) is 19.9 Å². The molecule has 0 amide bonds. The fraction of sp³-hybridized carbons (Fsp3) is 0.471. The molecule has 134 valence electrons. The van der Waals surface area contributed by atoms with Crippen molar-refractivity contribution in [3.63, 3.8) is 0 Å². The molecule has 5 N–H and O–H groups in total. The van der Waals surface area contributed by atoms with Crippen LogP contribution in [-0.2, 0) is 0 Å². The highest BCUT2D eigenvalue weighted by molar-refractivity contribution is 6.30. The maximum Gasteiger partial charge on any atom is 0.216 e. The number of nitrogens with zero attached hydrogens (tertiary/aromatic N) is 3. The van der Waals surface area contributed by atoms with E-state index < -0.39 is 0 Å². The van der Waals surface area contributed by atoms with E-state index in [9.17, 15) is 0 Å². The van der Waals surface area contributed by atoms with E-state index in [-0.39, 0.29) is 6.04 Å². The first-order valence-corrected chi connectivity index (χ1v) is 8.48. The molecule has 24 heavy (non-hydrogen) atoms. The standard InChI is InChI=1S/C13H18ClN5.C3H6.CH5N/c1-9-11-8-10(14)2-3-12(11)17-13(19(9)15)18-6-4-16-5-7-18;1-3-2;1-2/h2-3,8-9,16H,4-7,15H2,1H3;3H,1H2,2H3;2H2,1H3. The molecule has 0 spiro atoms. The quantitative estimate of drug-likeness (QED) is 0.492. The minimum atomic E-state index is 0.0797. The van der Waals surface area contributed by atoms with Gasteiger partial charge in [-0.15, -0.1) is 6.58 Å². The van der Waals surface area contributed by atoms with Crippen molar-refractivity contribution in [2.75, 3.05) is 33.2 Å². The lowest BCUT2D eigenvalue weighted by Gasteiger charge is -2.39. The molecule has 2 aliphatic heterocycles. The topological polar surface area (TPSA) is 82.9 Å². The Kier molecular flexibility index (Phi) is 8.78. The zero-order valence-electron chi connectivity index (χ0n) is 14.8. The van der Waals surface area contributed by atoms with Gasteiger partial charge in [-0.05, 0) is 39.1 Å². The molecule has 0 radical (unpaired) electrons. The highest BCUT2D eigenvalue weighted by atomic mass is 35.5. The van der Waals surface area contributed by atoms with Gasteiger partial charge >= 0.3 is 0 Å². The molecule has 7 heteroatoms. The average Bonchev–Trinajstić information content (AvgIpc) is 2.62. The fourth-order valence-corrected chi connectivity index (χ4v) is 2.73. The van der Waals surface area contributed by atoms with E-state index in [1.165, 1.54) is 7.05 Å². The average molecular weight is 353 g/mol. The smallest absolute Gasteiger partial charge is 0.216 e. The van der Waals surface area contributed by atoms with Gasteiger partial charge in [0.05, 0.1) is 11.7 Å². The van der Waals surface area contributed by atoms with Crippen LogP contribution in [0.4, 0.5) is 5.69 Å². The summed E-state index contributed by atoms with van der Waals surface area (Å²) in [5.74, 6) is 7.07. The summed E-state index contributed by atoms with van der Waals surface area (Å²) in [6.45, 7) is 11.1. The molecule has 0 bridgehead atoms. The molecule has 3 rings (SSSR count). The summed E-state index contributed by atoms with van der Waals surface area (Å²) in [6.07, 6.45) is 1.75. The number of hydrazine groups is 1. The van der Waals surface area contributed by atoms with E-state index in [1.54, 1.807) is 11.1 Å². The fourth-order valence-electron chi connectivity index (χ4n) is 2.55. The number of fused-ring (bicyclic) bond motifs is 1. The Bertz CT molecular complexity index is 554. The summed E-state index contributed by atoms with van der Waals surface area (Å²) >= 11 is 6.05. The van der Waals surface area contributed by atoms with Crippen molar-refractivity contribution in [3.8, 4) is 0 Å². The summed E-state index contributed by atoms with van der Waals surface area (Å²) in [4.78, 5) is 6.93. The Hall–Kier alpha value is -1.60. The lowest BCUT2D eigenvalue weighted by atomic mass is 10.0. The lowest BCUT2D eigenvalue weighted by Crippen LogP contribution is -2.55. The molecular formula is C17H29ClN6. The largest absolute Gasteiger partial charge is 0.339 e. The second-order valence-corrected chi connectivity index (χ2v) is 5.78. The van der Waals surface area contributed by atoms with Crippen molar-refractivity contribution in [1.82, 2.24) is 15.2 Å². The Balaban J connectivity index is 0.000000521. The van der Waals surface area contributed by atoms with Crippen LogP contribution in [0.3, 0.4) is 0 Å².